The van der Waals surface area contributed by atoms with Gasteiger partial charge in [0.1, 0.15) is 25.9 Å². The highest BCUT2D eigenvalue weighted by Gasteiger charge is 2.76. The van der Waals surface area contributed by atoms with E-state index in [1.165, 1.54) is 13.8 Å². The van der Waals surface area contributed by atoms with E-state index in [4.69, 9.17) is 14.2 Å². The van der Waals surface area contributed by atoms with Crippen molar-refractivity contribution in [3.8, 4) is 0 Å². The average molecular weight is 753 g/mol. The summed E-state index contributed by atoms with van der Waals surface area (Å²) in [4.78, 5) is 58.5. The number of carbonyl (C=O) groups excluding carboxylic acids is 5. The number of carbonyl (C=O) groups is 5. The van der Waals surface area contributed by atoms with Crippen LogP contribution in [0.2, 0.25) is 0 Å². The first-order chi connectivity index (χ1) is 22.7. The molecular formula is C27H34F10N2O11. The Hall–Kier alpha value is -4.31. The van der Waals surface area contributed by atoms with Gasteiger partial charge in [-0.15, -0.1) is 0 Å². The predicted octanol–water partition coefficient (Wildman–Crippen LogP) is 4.89. The van der Waals surface area contributed by atoms with Crippen LogP contribution in [0.3, 0.4) is 0 Å². The van der Waals surface area contributed by atoms with E-state index in [2.05, 4.69) is 32.7 Å². The summed E-state index contributed by atoms with van der Waals surface area (Å²) in [6, 6.07) is 0. The molecule has 0 saturated heterocycles. The van der Waals surface area contributed by atoms with Gasteiger partial charge in [-0.1, -0.05) is 13.2 Å². The Balaban J connectivity index is 5.51. The van der Waals surface area contributed by atoms with Crippen molar-refractivity contribution < 1.29 is 96.3 Å². The number of unbranched alkanes of at least 4 members (excludes halogenated alkanes) is 1. The van der Waals surface area contributed by atoms with Crippen LogP contribution in [-0.2, 0) is 42.8 Å². The lowest BCUT2D eigenvalue weighted by Gasteiger charge is -2.36. The molecule has 0 aromatic heterocycles. The normalized spacial score (nSPS) is 14.9. The van der Waals surface area contributed by atoms with Crippen LogP contribution in [0.5, 0.6) is 0 Å². The van der Waals surface area contributed by atoms with Crippen molar-refractivity contribution in [3.63, 3.8) is 0 Å². The second-order valence-corrected chi connectivity index (χ2v) is 10.2. The van der Waals surface area contributed by atoms with E-state index >= 15 is 0 Å². The highest BCUT2D eigenvalue weighted by molar-refractivity contribution is 5.87. The Morgan fingerprint density at radius 3 is 1.58 bits per heavy atom. The summed E-state index contributed by atoms with van der Waals surface area (Å²) in [6.45, 7) is 5.22. The molecule has 3 atom stereocenters. The molecule has 0 spiro atoms. The average Bonchev–Trinajstić information content (AvgIpc) is 2.97. The van der Waals surface area contributed by atoms with Gasteiger partial charge in [0.05, 0.1) is 19.7 Å². The second-order valence-electron chi connectivity index (χ2n) is 10.2. The molecule has 2 N–H and O–H groups in total. The molecule has 23 heteroatoms. The van der Waals surface area contributed by atoms with E-state index in [9.17, 15) is 67.9 Å². The van der Waals surface area contributed by atoms with Gasteiger partial charge in [0, 0.05) is 11.1 Å². The highest BCUT2D eigenvalue weighted by Crippen LogP contribution is 2.50. The van der Waals surface area contributed by atoms with Gasteiger partial charge >= 0.3 is 54.4 Å². The highest BCUT2D eigenvalue weighted by atomic mass is 19.4. The Morgan fingerprint density at radius 2 is 1.14 bits per heavy atom. The zero-order valence-electron chi connectivity index (χ0n) is 26.6. The van der Waals surface area contributed by atoms with Gasteiger partial charge in [-0.3, -0.25) is 4.74 Å². The Kier molecular flexibility index (Phi) is 17.5. The molecule has 0 aliphatic heterocycles. The predicted molar refractivity (Wildman–Crippen MR) is 145 cm³/mol. The third-order valence-electron chi connectivity index (χ3n) is 5.71. The first kappa shape index (κ1) is 45.7. The maximum absolute atomic E-state index is 14.7. The fourth-order valence-electron chi connectivity index (χ4n) is 2.81. The van der Waals surface area contributed by atoms with Crippen LogP contribution in [0.4, 0.5) is 53.5 Å². The molecule has 3 unspecified atom stereocenters. The monoisotopic (exact) mass is 752 g/mol. The minimum atomic E-state index is -6.85. The third kappa shape index (κ3) is 14.7. The molecular weight excluding hydrogens is 718 g/mol. The van der Waals surface area contributed by atoms with Gasteiger partial charge in [-0.05, 0) is 40.0 Å². The summed E-state index contributed by atoms with van der Waals surface area (Å²) in [5, 5.41) is 4.23. The van der Waals surface area contributed by atoms with E-state index in [0.717, 1.165) is 0 Å². The van der Waals surface area contributed by atoms with Gasteiger partial charge in [-0.25, -0.2) is 28.4 Å². The van der Waals surface area contributed by atoms with E-state index in [-0.39, 0.29) is 43.7 Å². The molecule has 0 saturated carbocycles. The lowest BCUT2D eigenvalue weighted by Crippen LogP contribution is -2.62. The van der Waals surface area contributed by atoms with Crippen molar-refractivity contribution in [3.05, 3.63) is 24.3 Å². The van der Waals surface area contributed by atoms with Gasteiger partial charge in [-0.2, -0.15) is 39.5 Å². The van der Waals surface area contributed by atoms with Crippen LogP contribution in [-0.4, -0.2) is 106 Å². The fraction of sp³-hybridized carbons (Fsp3) is 0.667. The van der Waals surface area contributed by atoms with Gasteiger partial charge in [0.25, 0.3) is 5.67 Å². The van der Waals surface area contributed by atoms with E-state index in [1.54, 1.807) is 0 Å². The molecule has 0 radical (unpaired) electrons. The van der Waals surface area contributed by atoms with Crippen molar-refractivity contribution in [2.75, 3.05) is 39.5 Å². The first-order valence-electron chi connectivity index (χ1n) is 14.0. The maximum atomic E-state index is 14.7. The SMILES string of the molecule is C=C(C)C(=O)OCCNC(=O)OCCCCC(COC(=O)C(F)(OC(F)(F)C(C)(F)C(F)(F)F)C(F)(F)F)OC(=O)NCCOC(=O)C(=C)C. The number of rotatable bonds is 20. The number of amides is 2. The fourth-order valence-corrected chi connectivity index (χ4v) is 2.81. The smallest absolute Gasteiger partial charge is 0.460 e. The van der Waals surface area contributed by atoms with Gasteiger partial charge < -0.3 is 34.3 Å². The third-order valence-corrected chi connectivity index (χ3v) is 5.71. The molecule has 0 aliphatic carbocycles. The number of esters is 3. The van der Waals surface area contributed by atoms with E-state index < -0.39 is 99.3 Å². The van der Waals surface area contributed by atoms with E-state index in [1.807, 2.05) is 5.32 Å². The number of alkyl halides is 10. The molecule has 0 fully saturated rings. The summed E-state index contributed by atoms with van der Waals surface area (Å²) in [5.74, 6) is -11.3. The Labute approximate surface area is 277 Å². The topological polar surface area (TPSA) is 165 Å². The number of ether oxygens (including phenoxy) is 6. The van der Waals surface area contributed by atoms with Gasteiger partial charge in [0.15, 0.2) is 0 Å². The molecule has 0 heterocycles. The molecule has 50 heavy (non-hydrogen) atoms. The molecule has 0 bridgehead atoms. The molecule has 0 aromatic rings. The molecule has 0 aromatic carbocycles. The lowest BCUT2D eigenvalue weighted by atomic mass is 10.1. The number of hydrogen-bond acceptors (Lipinski definition) is 11. The lowest BCUT2D eigenvalue weighted by molar-refractivity contribution is -0.448. The minimum Gasteiger partial charge on any atom is -0.460 e. The number of nitrogens with one attached hydrogen (secondary N) is 2. The van der Waals surface area contributed by atoms with Crippen LogP contribution >= 0.6 is 0 Å². The van der Waals surface area contributed by atoms with Crippen molar-refractivity contribution >= 4 is 30.1 Å². The summed E-state index contributed by atoms with van der Waals surface area (Å²) in [5.41, 5.74) is -5.82. The number of halogens is 10. The van der Waals surface area contributed by atoms with Crippen LogP contribution in [0.1, 0.15) is 40.0 Å². The molecule has 2 amide bonds. The van der Waals surface area contributed by atoms with Crippen LogP contribution < -0.4 is 10.6 Å². The standard InChI is InChI=1S/C27H34F10N2O11/c1-15(2)18(40)45-12-9-38-21(43)47-11-7-6-8-17(49-22(44)39-10-13-46-19(41)16(3)4)14-48-20(42)24(29,26(33,34)35)50-27(36,37)23(5,28)25(30,31)32/h17H,1,3,6-14H2,2,4-5H3,(H,38,43)(H,39,44). The molecule has 0 aliphatic rings. The van der Waals surface area contributed by atoms with Crippen molar-refractivity contribution in [2.45, 2.75) is 76.1 Å². The number of alkyl carbamates (subject to hydrolysis) is 2. The van der Waals surface area contributed by atoms with E-state index in [0.29, 0.717) is 0 Å². The minimum absolute atomic E-state index is 0.000835. The quantitative estimate of drug-likeness (QED) is 0.0572. The molecule has 0 rings (SSSR count). The Bertz CT molecular complexity index is 1230. The second kappa shape index (κ2) is 19.2. The largest absolute Gasteiger partial charge is 0.460 e. The zero-order chi connectivity index (χ0) is 39.1. The summed E-state index contributed by atoms with van der Waals surface area (Å²) < 4.78 is 160. The number of hydrogen-bond donors (Lipinski definition) is 2. The summed E-state index contributed by atoms with van der Waals surface area (Å²) in [7, 11) is 0. The summed E-state index contributed by atoms with van der Waals surface area (Å²) in [6.07, 6.45) is -25.0. The zero-order valence-corrected chi connectivity index (χ0v) is 26.6. The van der Waals surface area contributed by atoms with Crippen LogP contribution in [0.25, 0.3) is 0 Å². The van der Waals surface area contributed by atoms with Crippen LogP contribution in [0, 0.1) is 0 Å². The van der Waals surface area contributed by atoms with Crippen LogP contribution in [0.15, 0.2) is 24.3 Å². The van der Waals surface area contributed by atoms with Crippen molar-refractivity contribution in [1.82, 2.24) is 10.6 Å². The van der Waals surface area contributed by atoms with Crippen molar-refractivity contribution in [1.29, 1.82) is 0 Å². The molecule has 13 nitrogen and oxygen atoms in total. The van der Waals surface area contributed by atoms with Crippen molar-refractivity contribution in [2.24, 2.45) is 0 Å². The maximum Gasteiger partial charge on any atom is 0.460 e. The first-order valence-corrected chi connectivity index (χ1v) is 14.0. The summed E-state index contributed by atoms with van der Waals surface area (Å²) >= 11 is 0. The molecule has 288 valence electrons. The Morgan fingerprint density at radius 1 is 0.660 bits per heavy atom. The van der Waals surface area contributed by atoms with Gasteiger partial charge in [0.2, 0.25) is 0 Å².